The van der Waals surface area contributed by atoms with E-state index < -0.39 is 0 Å². The monoisotopic (exact) mass is 380 g/mol. The molecular formula is C18H13BrN4O. The van der Waals surface area contributed by atoms with Crippen molar-refractivity contribution in [2.45, 2.75) is 0 Å². The highest BCUT2D eigenvalue weighted by Crippen LogP contribution is 2.23. The number of hydrogen-bond acceptors (Lipinski definition) is 4. The molecule has 24 heavy (non-hydrogen) atoms. The van der Waals surface area contributed by atoms with E-state index >= 15 is 0 Å². The lowest BCUT2D eigenvalue weighted by Crippen LogP contribution is -1.91. The van der Waals surface area contributed by atoms with Crippen molar-refractivity contribution in [3.8, 4) is 11.3 Å². The van der Waals surface area contributed by atoms with Crippen molar-refractivity contribution < 1.29 is 4.42 Å². The van der Waals surface area contributed by atoms with Gasteiger partial charge in [0.15, 0.2) is 0 Å². The van der Waals surface area contributed by atoms with Gasteiger partial charge in [-0.3, -0.25) is 0 Å². The number of rotatable bonds is 4. The maximum atomic E-state index is 5.77. The third-order valence-corrected chi connectivity index (χ3v) is 4.04. The van der Waals surface area contributed by atoms with Crippen molar-refractivity contribution in [2.75, 3.05) is 5.43 Å². The second kappa shape index (κ2) is 6.33. The minimum atomic E-state index is 0.590. The fraction of sp³-hybridized carbons (Fsp3) is 0. The first-order valence-corrected chi connectivity index (χ1v) is 8.17. The van der Waals surface area contributed by atoms with E-state index in [4.69, 9.17) is 4.42 Å². The van der Waals surface area contributed by atoms with Gasteiger partial charge in [-0.15, -0.1) is 0 Å². The number of hydrogen-bond donors (Lipinski definition) is 2. The Hall–Kier alpha value is -2.86. The number of furan rings is 1. The Morgan fingerprint density at radius 2 is 1.88 bits per heavy atom. The lowest BCUT2D eigenvalue weighted by atomic mass is 10.2. The molecule has 2 aromatic carbocycles. The molecule has 0 atom stereocenters. The molecule has 5 nitrogen and oxygen atoms in total. The van der Waals surface area contributed by atoms with Crippen LogP contribution in [0.2, 0.25) is 0 Å². The Morgan fingerprint density at radius 3 is 2.71 bits per heavy atom. The number of H-pyrrole nitrogens is 1. The zero-order chi connectivity index (χ0) is 16.4. The van der Waals surface area contributed by atoms with Crippen LogP contribution in [0.1, 0.15) is 5.76 Å². The number of imidazole rings is 1. The molecule has 0 spiro atoms. The summed E-state index contributed by atoms with van der Waals surface area (Å²) in [5.74, 6) is 2.05. The van der Waals surface area contributed by atoms with E-state index in [0.29, 0.717) is 11.7 Å². The average Bonchev–Trinajstić information content (AvgIpc) is 3.22. The summed E-state index contributed by atoms with van der Waals surface area (Å²) in [5.41, 5.74) is 5.75. The number of aromatic amines is 1. The number of nitrogens with one attached hydrogen (secondary N) is 2. The number of hydrazone groups is 1. The zero-order valence-corrected chi connectivity index (χ0v) is 14.1. The van der Waals surface area contributed by atoms with Gasteiger partial charge in [0.25, 0.3) is 0 Å². The minimum absolute atomic E-state index is 0.590. The first-order valence-electron chi connectivity index (χ1n) is 7.37. The predicted octanol–water partition coefficient (Wildman–Crippen LogP) is 5.03. The van der Waals surface area contributed by atoms with Gasteiger partial charge >= 0.3 is 0 Å². The average molecular weight is 381 g/mol. The first kappa shape index (κ1) is 14.7. The summed E-state index contributed by atoms with van der Waals surface area (Å²) >= 11 is 3.42. The van der Waals surface area contributed by atoms with Crippen molar-refractivity contribution in [3.05, 3.63) is 70.9 Å². The van der Waals surface area contributed by atoms with E-state index in [-0.39, 0.29) is 0 Å². The SMILES string of the molecule is Brc1ccc(-c2ccc(/C=N/Nc3nc4ccccc4[nH]3)o2)cc1. The van der Waals surface area contributed by atoms with Gasteiger partial charge in [0.1, 0.15) is 11.5 Å². The van der Waals surface area contributed by atoms with E-state index in [9.17, 15) is 0 Å². The number of fused-ring (bicyclic) bond motifs is 1. The fourth-order valence-electron chi connectivity index (χ4n) is 2.35. The number of anilines is 1. The fourth-order valence-corrected chi connectivity index (χ4v) is 2.62. The molecule has 0 fully saturated rings. The second-order valence-electron chi connectivity index (χ2n) is 5.18. The highest BCUT2D eigenvalue weighted by atomic mass is 79.9. The van der Waals surface area contributed by atoms with E-state index in [1.165, 1.54) is 0 Å². The van der Waals surface area contributed by atoms with Gasteiger partial charge in [-0.05, 0) is 36.4 Å². The summed E-state index contributed by atoms with van der Waals surface area (Å²) < 4.78 is 6.81. The summed E-state index contributed by atoms with van der Waals surface area (Å²) in [5, 5.41) is 4.16. The third-order valence-electron chi connectivity index (χ3n) is 3.51. The number of benzene rings is 2. The molecule has 0 amide bonds. The van der Waals surface area contributed by atoms with Crippen molar-refractivity contribution in [3.63, 3.8) is 0 Å². The Morgan fingerprint density at radius 1 is 1.04 bits per heavy atom. The summed E-state index contributed by atoms with van der Waals surface area (Å²) in [6.45, 7) is 0. The van der Waals surface area contributed by atoms with Crippen LogP contribution in [0.3, 0.4) is 0 Å². The van der Waals surface area contributed by atoms with E-state index in [2.05, 4.69) is 36.4 Å². The normalized spacial score (nSPS) is 11.4. The van der Waals surface area contributed by atoms with Crippen LogP contribution in [0.25, 0.3) is 22.4 Å². The molecule has 0 radical (unpaired) electrons. The Balaban J connectivity index is 1.47. The summed E-state index contributed by atoms with van der Waals surface area (Å²) in [6.07, 6.45) is 1.62. The second-order valence-corrected chi connectivity index (χ2v) is 6.10. The molecule has 0 unspecified atom stereocenters. The lowest BCUT2D eigenvalue weighted by Gasteiger charge is -1.96. The third kappa shape index (κ3) is 3.09. The molecule has 4 rings (SSSR count). The van der Waals surface area contributed by atoms with Gasteiger partial charge in [-0.2, -0.15) is 5.10 Å². The molecule has 0 saturated heterocycles. The van der Waals surface area contributed by atoms with Gasteiger partial charge in [-0.1, -0.05) is 40.2 Å². The standard InChI is InChI=1S/C18H13BrN4O/c19-13-7-5-12(6-8-13)17-10-9-14(24-17)11-20-23-18-21-15-3-1-2-4-16(15)22-18/h1-11H,(H2,21,22,23)/b20-11+. The molecule has 4 aromatic rings. The van der Waals surface area contributed by atoms with Crippen LogP contribution >= 0.6 is 15.9 Å². The van der Waals surface area contributed by atoms with Gasteiger partial charge in [0, 0.05) is 10.0 Å². The number of halogens is 1. The predicted molar refractivity (Wildman–Crippen MR) is 99.2 cm³/mol. The van der Waals surface area contributed by atoms with Crippen LogP contribution in [-0.4, -0.2) is 16.2 Å². The van der Waals surface area contributed by atoms with Crippen molar-refractivity contribution in [2.24, 2.45) is 5.10 Å². The van der Waals surface area contributed by atoms with Crippen LogP contribution in [0, 0.1) is 0 Å². The summed E-state index contributed by atoms with van der Waals surface area (Å²) in [4.78, 5) is 7.54. The van der Waals surface area contributed by atoms with Crippen LogP contribution in [0.15, 0.2) is 74.7 Å². The smallest absolute Gasteiger partial charge is 0.222 e. The van der Waals surface area contributed by atoms with Crippen LogP contribution in [0.4, 0.5) is 5.95 Å². The lowest BCUT2D eigenvalue weighted by molar-refractivity contribution is 0.575. The topological polar surface area (TPSA) is 66.2 Å². The number of para-hydroxylation sites is 2. The summed E-state index contributed by atoms with van der Waals surface area (Å²) in [6, 6.07) is 19.6. The van der Waals surface area contributed by atoms with Crippen LogP contribution in [0.5, 0.6) is 0 Å². The zero-order valence-electron chi connectivity index (χ0n) is 12.5. The number of aromatic nitrogens is 2. The van der Waals surface area contributed by atoms with Gasteiger partial charge in [0.05, 0.1) is 17.2 Å². The first-order chi connectivity index (χ1) is 11.8. The van der Waals surface area contributed by atoms with Crippen LogP contribution < -0.4 is 5.43 Å². The quantitative estimate of drug-likeness (QED) is 0.385. The van der Waals surface area contributed by atoms with Gasteiger partial charge in [0.2, 0.25) is 5.95 Å². The molecule has 6 heteroatoms. The van der Waals surface area contributed by atoms with Gasteiger partial charge < -0.3 is 9.40 Å². The maximum Gasteiger partial charge on any atom is 0.222 e. The van der Waals surface area contributed by atoms with Crippen LogP contribution in [-0.2, 0) is 0 Å². The molecule has 2 aromatic heterocycles. The molecule has 0 bridgehead atoms. The molecule has 2 heterocycles. The molecule has 2 N–H and O–H groups in total. The summed E-state index contributed by atoms with van der Waals surface area (Å²) in [7, 11) is 0. The molecule has 0 saturated carbocycles. The van der Waals surface area contributed by atoms with E-state index in [0.717, 1.165) is 26.8 Å². The van der Waals surface area contributed by atoms with Crippen molar-refractivity contribution in [1.29, 1.82) is 0 Å². The highest BCUT2D eigenvalue weighted by molar-refractivity contribution is 9.10. The van der Waals surface area contributed by atoms with Crippen molar-refractivity contribution in [1.82, 2.24) is 9.97 Å². The minimum Gasteiger partial charge on any atom is -0.455 e. The Labute approximate surface area is 146 Å². The van der Waals surface area contributed by atoms with Gasteiger partial charge in [-0.25, -0.2) is 10.4 Å². The molecule has 0 aliphatic carbocycles. The maximum absolute atomic E-state index is 5.77. The van der Waals surface area contributed by atoms with E-state index in [1.807, 2.05) is 60.7 Å². The highest BCUT2D eigenvalue weighted by Gasteiger charge is 2.03. The van der Waals surface area contributed by atoms with Crippen molar-refractivity contribution >= 4 is 39.1 Å². The molecule has 0 aliphatic rings. The molecular weight excluding hydrogens is 368 g/mol. The Bertz CT molecular complexity index is 968. The van der Waals surface area contributed by atoms with E-state index in [1.54, 1.807) is 6.21 Å². The number of nitrogens with zero attached hydrogens (tertiary/aromatic N) is 2. The Kier molecular flexibility index (Phi) is 3.88. The molecule has 118 valence electrons. The largest absolute Gasteiger partial charge is 0.455 e. The molecule has 0 aliphatic heterocycles.